The van der Waals surface area contributed by atoms with Crippen LogP contribution >= 0.6 is 23.2 Å². The summed E-state index contributed by atoms with van der Waals surface area (Å²) in [6.07, 6.45) is 3.37. The summed E-state index contributed by atoms with van der Waals surface area (Å²) in [7, 11) is 0. The maximum atomic E-state index is 12.7. The molecule has 0 saturated heterocycles. The molecule has 0 aliphatic heterocycles. The van der Waals surface area contributed by atoms with E-state index in [9.17, 15) is 14.7 Å². The third-order valence-corrected chi connectivity index (χ3v) is 6.16. The fourth-order valence-corrected chi connectivity index (χ4v) is 4.24. The zero-order valence-corrected chi connectivity index (χ0v) is 21.6. The number of carboxylic acids is 1. The van der Waals surface area contributed by atoms with Crippen LogP contribution in [-0.2, 0) is 11.2 Å². The Balaban J connectivity index is 1.46. The van der Waals surface area contributed by atoms with Gasteiger partial charge in [-0.3, -0.25) is 4.79 Å². The number of nitrogens with two attached hydrogens (primary N) is 1. The van der Waals surface area contributed by atoms with E-state index in [1.165, 1.54) is 12.1 Å². The molecule has 3 aromatic carbocycles. The van der Waals surface area contributed by atoms with Crippen molar-refractivity contribution in [3.8, 4) is 23.1 Å². The largest absolute Gasteiger partial charge is 0.480 e. The van der Waals surface area contributed by atoms with Gasteiger partial charge in [-0.2, -0.15) is 5.26 Å². The minimum atomic E-state index is -1.21. The summed E-state index contributed by atoms with van der Waals surface area (Å²) >= 11 is 12.1. The van der Waals surface area contributed by atoms with E-state index in [1.807, 2.05) is 6.07 Å². The summed E-state index contributed by atoms with van der Waals surface area (Å²) in [5, 5.41) is 32.2. The molecule has 0 radical (unpaired) electrons. The van der Waals surface area contributed by atoms with Gasteiger partial charge in [-0.1, -0.05) is 58.7 Å². The third kappa shape index (κ3) is 6.70. The van der Waals surface area contributed by atoms with Gasteiger partial charge in [-0.05, 0) is 42.0 Å². The first kappa shape index (κ1) is 27.1. The molecule has 0 bridgehead atoms. The molecule has 0 aliphatic carbocycles. The number of carbonyl (C=O) groups is 2. The highest BCUT2D eigenvalue weighted by Gasteiger charge is 2.24. The highest BCUT2D eigenvalue weighted by atomic mass is 35.5. The maximum Gasteiger partial charge on any atom is 0.326 e. The van der Waals surface area contributed by atoms with Crippen LogP contribution in [0.2, 0.25) is 10.0 Å². The number of nitrogens with zero attached hydrogens (tertiary/aromatic N) is 5. The Labute approximate surface area is 232 Å². The lowest BCUT2D eigenvalue weighted by molar-refractivity contribution is -0.139. The summed E-state index contributed by atoms with van der Waals surface area (Å²) in [5.41, 5.74) is 8.98. The van der Waals surface area contributed by atoms with Gasteiger partial charge >= 0.3 is 5.97 Å². The Hall–Kier alpha value is -4.92. The number of anilines is 1. The number of amides is 1. The predicted octanol–water partition coefficient (Wildman–Crippen LogP) is 3.87. The average molecular weight is 563 g/mol. The Morgan fingerprint density at radius 3 is 2.46 bits per heavy atom. The van der Waals surface area contributed by atoms with Gasteiger partial charge in [-0.15, -0.1) is 10.1 Å². The highest BCUT2D eigenvalue weighted by Crippen LogP contribution is 2.25. The van der Waals surface area contributed by atoms with E-state index < -0.39 is 17.9 Å². The van der Waals surface area contributed by atoms with Crippen LogP contribution in [0.3, 0.4) is 0 Å². The Morgan fingerprint density at radius 2 is 1.79 bits per heavy atom. The quantitative estimate of drug-likeness (QED) is 0.142. The van der Waals surface area contributed by atoms with E-state index in [0.29, 0.717) is 22.6 Å². The van der Waals surface area contributed by atoms with E-state index in [4.69, 9.17) is 34.2 Å². The number of guanidine groups is 1. The van der Waals surface area contributed by atoms with Crippen molar-refractivity contribution in [1.82, 2.24) is 20.3 Å². The summed E-state index contributed by atoms with van der Waals surface area (Å²) in [6, 6.07) is 17.6. The lowest BCUT2D eigenvalue weighted by Gasteiger charge is -2.16. The number of halogens is 2. The first-order valence-corrected chi connectivity index (χ1v) is 12.1. The molecule has 0 unspecified atom stereocenters. The van der Waals surface area contributed by atoms with Crippen molar-refractivity contribution in [3.05, 3.63) is 94.1 Å². The van der Waals surface area contributed by atoms with E-state index in [0.717, 1.165) is 5.56 Å². The molecule has 0 spiro atoms. The van der Waals surface area contributed by atoms with E-state index in [-0.39, 0.29) is 28.0 Å². The van der Waals surface area contributed by atoms with Crippen molar-refractivity contribution in [3.63, 3.8) is 0 Å². The summed E-state index contributed by atoms with van der Waals surface area (Å²) in [6.45, 7) is 0. The number of hydrogen-bond acceptors (Lipinski definition) is 6. The molecule has 4 aromatic rings. The van der Waals surface area contributed by atoms with Gasteiger partial charge in [0.25, 0.3) is 5.91 Å². The predicted molar refractivity (Wildman–Crippen MR) is 147 cm³/mol. The van der Waals surface area contributed by atoms with Gasteiger partial charge in [0, 0.05) is 17.7 Å². The van der Waals surface area contributed by atoms with Crippen LogP contribution in [0.4, 0.5) is 5.69 Å². The first-order valence-electron chi connectivity index (χ1n) is 11.3. The lowest BCUT2D eigenvalue weighted by atomic mass is 10.0. The van der Waals surface area contributed by atoms with Crippen LogP contribution in [0.25, 0.3) is 16.9 Å². The molecule has 1 atom stereocenters. The van der Waals surface area contributed by atoms with Gasteiger partial charge in [0.15, 0.2) is 0 Å². The second-order valence-corrected chi connectivity index (χ2v) is 9.00. The number of rotatable bonds is 8. The zero-order chi connectivity index (χ0) is 27.9. The molecule has 0 fully saturated rings. The van der Waals surface area contributed by atoms with Gasteiger partial charge in [0.1, 0.15) is 11.7 Å². The van der Waals surface area contributed by atoms with Crippen molar-refractivity contribution >= 4 is 46.7 Å². The second-order valence-electron chi connectivity index (χ2n) is 8.18. The molecular weight excluding hydrogens is 543 g/mol. The highest BCUT2D eigenvalue weighted by molar-refractivity contribution is 6.39. The molecule has 0 aliphatic rings. The average Bonchev–Trinajstić information content (AvgIpc) is 3.39. The number of aromatic nitrogens is 3. The Bertz CT molecular complexity index is 1580. The molecule has 13 heteroatoms. The zero-order valence-electron chi connectivity index (χ0n) is 20.0. The number of benzene rings is 3. The van der Waals surface area contributed by atoms with Crippen LogP contribution in [0.1, 0.15) is 15.9 Å². The molecular formula is C26H20Cl2N8O3. The number of aliphatic carboxylic acids is 1. The normalized spacial score (nSPS) is 11.9. The van der Waals surface area contributed by atoms with E-state index in [2.05, 4.69) is 25.9 Å². The third-order valence-electron chi connectivity index (χ3n) is 5.53. The van der Waals surface area contributed by atoms with Crippen LogP contribution in [0, 0.1) is 11.5 Å². The number of hydrogen-bond donors (Lipinski definition) is 4. The van der Waals surface area contributed by atoms with Crippen molar-refractivity contribution in [2.45, 2.75) is 12.5 Å². The summed E-state index contributed by atoms with van der Waals surface area (Å²) in [5.74, 6) is -1.91. The fraction of sp³-hybridized carbons (Fsp3) is 0.0769. The number of aliphatic imine (C=N–C) groups is 1. The molecule has 1 amide bonds. The van der Waals surface area contributed by atoms with Crippen LogP contribution in [0.5, 0.6) is 0 Å². The molecule has 4 rings (SSSR count). The van der Waals surface area contributed by atoms with Gasteiger partial charge in [-0.25, -0.2) is 9.48 Å². The number of nitrogens with one attached hydrogen (secondary N) is 2. The van der Waals surface area contributed by atoms with Crippen LogP contribution in [-0.4, -0.2) is 44.0 Å². The topological polar surface area (TPSA) is 171 Å². The molecule has 1 aromatic heterocycles. The fourth-order valence-electron chi connectivity index (χ4n) is 3.67. The van der Waals surface area contributed by atoms with Gasteiger partial charge < -0.3 is 21.5 Å². The summed E-state index contributed by atoms with van der Waals surface area (Å²) in [4.78, 5) is 27.9. The van der Waals surface area contributed by atoms with Crippen LogP contribution < -0.4 is 16.4 Å². The Kier molecular flexibility index (Phi) is 8.40. The number of carbonyl (C=O) groups excluding carboxylic acids is 1. The van der Waals surface area contributed by atoms with Crippen LogP contribution in [0.15, 0.2) is 77.9 Å². The minimum absolute atomic E-state index is 0.0181. The molecule has 5 N–H and O–H groups in total. The number of nitriles is 1. The van der Waals surface area contributed by atoms with E-state index in [1.54, 1.807) is 65.6 Å². The maximum absolute atomic E-state index is 12.7. The minimum Gasteiger partial charge on any atom is -0.480 e. The monoisotopic (exact) mass is 562 g/mol. The standard InChI is InChI=1S/C26H20Cl2N8O3/c27-19-5-2-6-20(28)23(19)24(37)33-21(25(38)39)11-15-7-9-18(10-8-15)36-13-22(34-35-36)16-3-1-4-17(12-16)32-26(30)31-14-29/h1-10,12-13,21H,11H2,(H,33,37)(H,38,39)(H3,30,31,32)/t21-/m0/s1. The molecule has 11 nitrogen and oxygen atoms in total. The SMILES string of the molecule is N#C/N=C(\N)Nc1cccc(-c2cn(-c3ccc(C[C@H](NC(=O)c4c(Cl)cccc4Cl)C(=O)O)cc3)nn2)c1. The van der Waals surface area contributed by atoms with Crippen molar-refractivity contribution < 1.29 is 14.7 Å². The van der Waals surface area contributed by atoms with Crippen molar-refractivity contribution in [2.75, 3.05) is 5.32 Å². The molecule has 196 valence electrons. The van der Waals surface area contributed by atoms with Crippen molar-refractivity contribution in [1.29, 1.82) is 5.26 Å². The first-order chi connectivity index (χ1) is 18.7. The van der Waals surface area contributed by atoms with E-state index >= 15 is 0 Å². The van der Waals surface area contributed by atoms with Gasteiger partial charge in [0.05, 0.1) is 27.5 Å². The smallest absolute Gasteiger partial charge is 0.326 e. The lowest BCUT2D eigenvalue weighted by Crippen LogP contribution is -2.42. The molecule has 1 heterocycles. The second kappa shape index (κ2) is 12.1. The number of carboxylic acid groups (broad SMARTS) is 1. The summed E-state index contributed by atoms with van der Waals surface area (Å²) < 4.78 is 1.57. The Morgan fingerprint density at radius 1 is 1.10 bits per heavy atom. The van der Waals surface area contributed by atoms with Crippen molar-refractivity contribution in [2.24, 2.45) is 10.7 Å². The molecule has 0 saturated carbocycles. The molecule has 39 heavy (non-hydrogen) atoms. The van der Waals surface area contributed by atoms with Gasteiger partial charge in [0.2, 0.25) is 12.2 Å².